The molecule has 0 fully saturated rings. The van der Waals surface area contributed by atoms with Crippen molar-refractivity contribution >= 4 is 39.9 Å². The Hall–Kier alpha value is -2.38. The number of pyridine rings is 1. The van der Waals surface area contributed by atoms with Crippen molar-refractivity contribution < 1.29 is 9.13 Å². The van der Waals surface area contributed by atoms with Crippen LogP contribution in [0, 0.1) is 5.82 Å². The number of rotatable bonds is 4. The van der Waals surface area contributed by atoms with Gasteiger partial charge in [0.1, 0.15) is 17.5 Å². The predicted molar refractivity (Wildman–Crippen MR) is 95.8 cm³/mol. The second-order valence-corrected chi connectivity index (χ2v) is 6.37. The first kappa shape index (κ1) is 16.1. The number of hydrogen-bond donors (Lipinski definition) is 0. The first-order chi connectivity index (χ1) is 12.2. The van der Waals surface area contributed by atoms with Gasteiger partial charge in [0.25, 0.3) is 0 Å². The van der Waals surface area contributed by atoms with Gasteiger partial charge in [-0.05, 0) is 11.8 Å². The highest BCUT2D eigenvalue weighted by Gasteiger charge is 2.21. The smallest absolute Gasteiger partial charge is 0.229 e. The Bertz CT molecular complexity index is 1070. The summed E-state index contributed by atoms with van der Waals surface area (Å²) in [5.41, 5.74) is 1.54. The van der Waals surface area contributed by atoms with E-state index in [2.05, 4.69) is 15.0 Å². The lowest BCUT2D eigenvalue weighted by atomic mass is 10.2. The van der Waals surface area contributed by atoms with Crippen molar-refractivity contribution in [2.45, 2.75) is 11.8 Å². The molecule has 0 aliphatic heterocycles. The number of nitrogens with zero attached hydrogens (tertiary/aromatic N) is 4. The summed E-state index contributed by atoms with van der Waals surface area (Å²) in [6, 6.07) is 9.68. The van der Waals surface area contributed by atoms with E-state index >= 15 is 0 Å². The van der Waals surface area contributed by atoms with Crippen molar-refractivity contribution in [2.24, 2.45) is 0 Å². The maximum Gasteiger partial charge on any atom is 0.229 e. The fourth-order valence-corrected chi connectivity index (χ4v) is 3.14. The molecule has 0 aliphatic carbocycles. The Balaban J connectivity index is 1.92. The van der Waals surface area contributed by atoms with E-state index in [-0.39, 0.29) is 16.5 Å². The molecule has 0 N–H and O–H groups in total. The fraction of sp³-hybridized carbons (Fsp3) is 0.118. The Morgan fingerprint density at radius 1 is 1.24 bits per heavy atom. The van der Waals surface area contributed by atoms with Gasteiger partial charge in [-0.15, -0.1) is 0 Å². The molecule has 0 spiro atoms. The normalized spacial score (nSPS) is 11.3. The minimum atomic E-state index is -0.621. The van der Waals surface area contributed by atoms with Crippen molar-refractivity contribution in [1.82, 2.24) is 19.4 Å². The third-order valence-corrected chi connectivity index (χ3v) is 4.62. The van der Waals surface area contributed by atoms with E-state index in [0.717, 1.165) is 5.56 Å². The SMILES string of the molecule is CSc1nc(OCc2ccccc2)c2c(n1)c(F)c(Cl)n1ccnc21. The van der Waals surface area contributed by atoms with E-state index in [1.807, 2.05) is 36.6 Å². The predicted octanol–water partition coefficient (Wildman–Crippen LogP) is 4.37. The Morgan fingerprint density at radius 2 is 2.04 bits per heavy atom. The molecule has 0 atom stereocenters. The minimum absolute atomic E-state index is 0.0697. The van der Waals surface area contributed by atoms with Gasteiger partial charge < -0.3 is 4.74 Å². The van der Waals surface area contributed by atoms with Crippen LogP contribution in [0.5, 0.6) is 5.88 Å². The molecule has 0 saturated carbocycles. The van der Waals surface area contributed by atoms with Crippen molar-refractivity contribution in [3.8, 4) is 5.88 Å². The molecule has 4 aromatic rings. The van der Waals surface area contributed by atoms with E-state index < -0.39 is 5.82 Å². The molecule has 1 aromatic carbocycles. The number of thioether (sulfide) groups is 1. The van der Waals surface area contributed by atoms with Crippen LogP contribution >= 0.6 is 23.4 Å². The number of fused-ring (bicyclic) bond motifs is 3. The van der Waals surface area contributed by atoms with Gasteiger partial charge in [0.15, 0.2) is 21.8 Å². The molecule has 0 radical (unpaired) electrons. The van der Waals surface area contributed by atoms with Gasteiger partial charge in [-0.25, -0.2) is 14.4 Å². The molecule has 126 valence electrons. The maximum absolute atomic E-state index is 14.7. The van der Waals surface area contributed by atoms with Gasteiger partial charge >= 0.3 is 0 Å². The van der Waals surface area contributed by atoms with Gasteiger partial charge in [0, 0.05) is 12.4 Å². The molecule has 4 rings (SSSR count). The van der Waals surface area contributed by atoms with E-state index in [0.29, 0.717) is 22.8 Å². The summed E-state index contributed by atoms with van der Waals surface area (Å²) in [5.74, 6) is -0.339. The van der Waals surface area contributed by atoms with Crippen LogP contribution in [0.3, 0.4) is 0 Å². The summed E-state index contributed by atoms with van der Waals surface area (Å²) in [7, 11) is 0. The lowest BCUT2D eigenvalue weighted by Gasteiger charge is -2.12. The van der Waals surface area contributed by atoms with Crippen LogP contribution in [0.25, 0.3) is 16.6 Å². The Morgan fingerprint density at radius 3 is 2.80 bits per heavy atom. The van der Waals surface area contributed by atoms with Crippen molar-refractivity contribution in [2.75, 3.05) is 6.26 Å². The topological polar surface area (TPSA) is 52.3 Å². The highest BCUT2D eigenvalue weighted by atomic mass is 35.5. The molecule has 0 bridgehead atoms. The summed E-state index contributed by atoms with van der Waals surface area (Å²) >= 11 is 7.41. The van der Waals surface area contributed by atoms with Crippen molar-refractivity contribution in [3.05, 3.63) is 59.3 Å². The third-order valence-electron chi connectivity index (χ3n) is 3.72. The average molecular weight is 375 g/mol. The lowest BCUT2D eigenvalue weighted by molar-refractivity contribution is 0.295. The number of hydrogen-bond acceptors (Lipinski definition) is 5. The summed E-state index contributed by atoms with van der Waals surface area (Å²) in [6.45, 7) is 0.303. The molecule has 3 heterocycles. The van der Waals surface area contributed by atoms with E-state index in [1.165, 1.54) is 16.2 Å². The summed E-state index contributed by atoms with van der Waals surface area (Å²) < 4.78 is 22.1. The number of benzene rings is 1. The summed E-state index contributed by atoms with van der Waals surface area (Å²) in [5, 5.41) is 0.738. The molecule has 3 aromatic heterocycles. The van der Waals surface area contributed by atoms with Gasteiger partial charge in [-0.2, -0.15) is 4.98 Å². The van der Waals surface area contributed by atoms with Crippen LogP contribution in [-0.4, -0.2) is 25.6 Å². The van der Waals surface area contributed by atoms with Crippen molar-refractivity contribution in [3.63, 3.8) is 0 Å². The summed E-state index contributed by atoms with van der Waals surface area (Å²) in [4.78, 5) is 12.9. The van der Waals surface area contributed by atoms with Crippen molar-refractivity contribution in [1.29, 1.82) is 0 Å². The minimum Gasteiger partial charge on any atom is -0.472 e. The fourth-order valence-electron chi connectivity index (χ4n) is 2.55. The zero-order valence-electron chi connectivity index (χ0n) is 13.1. The second-order valence-electron chi connectivity index (χ2n) is 5.24. The van der Waals surface area contributed by atoms with Gasteiger partial charge in [0.05, 0.1) is 0 Å². The molecule has 8 heteroatoms. The molecule has 5 nitrogen and oxygen atoms in total. The molecular weight excluding hydrogens is 363 g/mol. The first-order valence-corrected chi connectivity index (χ1v) is 9.02. The molecule has 0 saturated heterocycles. The highest BCUT2D eigenvalue weighted by molar-refractivity contribution is 7.98. The maximum atomic E-state index is 14.7. The quantitative estimate of drug-likeness (QED) is 0.301. The first-order valence-electron chi connectivity index (χ1n) is 7.41. The zero-order valence-corrected chi connectivity index (χ0v) is 14.7. The monoisotopic (exact) mass is 374 g/mol. The molecule has 0 amide bonds. The van der Waals surface area contributed by atoms with Gasteiger partial charge in [0.2, 0.25) is 5.88 Å². The van der Waals surface area contributed by atoms with Crippen LogP contribution in [0.4, 0.5) is 4.39 Å². The number of imidazole rings is 1. The van der Waals surface area contributed by atoms with Crippen LogP contribution in [-0.2, 0) is 6.61 Å². The second kappa shape index (κ2) is 6.50. The van der Waals surface area contributed by atoms with E-state index in [1.54, 1.807) is 12.4 Å². The molecule has 25 heavy (non-hydrogen) atoms. The zero-order chi connectivity index (χ0) is 17.4. The lowest BCUT2D eigenvalue weighted by Crippen LogP contribution is -2.04. The van der Waals surface area contributed by atoms with Crippen LogP contribution in [0.15, 0.2) is 47.9 Å². The molecular formula is C17H12ClFN4OS. The summed E-state index contributed by atoms with van der Waals surface area (Å²) in [6.07, 6.45) is 4.95. The number of ether oxygens (including phenoxy) is 1. The third kappa shape index (κ3) is 2.79. The number of halogens is 2. The van der Waals surface area contributed by atoms with Gasteiger partial charge in [-0.1, -0.05) is 53.7 Å². The van der Waals surface area contributed by atoms with E-state index in [9.17, 15) is 4.39 Å². The largest absolute Gasteiger partial charge is 0.472 e. The van der Waals surface area contributed by atoms with E-state index in [4.69, 9.17) is 16.3 Å². The highest BCUT2D eigenvalue weighted by Crippen LogP contribution is 2.34. The molecule has 0 aliphatic rings. The average Bonchev–Trinajstić information content (AvgIpc) is 3.14. The standard InChI is InChI=1S/C17H12ClFN4OS/c1-25-17-21-13-11(15-20-7-8-23(15)14(18)12(13)19)16(22-17)24-9-10-5-3-2-4-6-10/h2-8H,9H2,1H3. The Kier molecular flexibility index (Phi) is 4.19. The van der Waals surface area contributed by atoms with Crippen LogP contribution in [0.2, 0.25) is 5.15 Å². The van der Waals surface area contributed by atoms with Gasteiger partial charge in [-0.3, -0.25) is 4.40 Å². The molecule has 0 unspecified atom stereocenters. The van der Waals surface area contributed by atoms with Crippen LogP contribution in [0.1, 0.15) is 5.56 Å². The Labute approximate surface area is 151 Å². The number of aromatic nitrogens is 4. The van der Waals surface area contributed by atoms with Crippen LogP contribution < -0.4 is 4.74 Å².